The molecule has 1 aromatic heterocycles. The first-order chi connectivity index (χ1) is 10.2. The highest BCUT2D eigenvalue weighted by molar-refractivity contribution is 6.30. The van der Waals surface area contributed by atoms with Crippen LogP contribution in [0, 0.1) is 4.91 Å². The predicted octanol–water partition coefficient (Wildman–Crippen LogP) is 3.87. The summed E-state index contributed by atoms with van der Waals surface area (Å²) < 4.78 is 0. The number of carbonyl (C=O) groups is 1. The van der Waals surface area contributed by atoms with Crippen LogP contribution in [0.4, 0.5) is 11.5 Å². The van der Waals surface area contributed by atoms with Gasteiger partial charge in [-0.05, 0) is 48.6 Å². The average molecular weight is 302 g/mol. The summed E-state index contributed by atoms with van der Waals surface area (Å²) in [5, 5.41) is 6.34. The molecule has 0 aliphatic heterocycles. The van der Waals surface area contributed by atoms with E-state index in [1.54, 1.807) is 12.1 Å². The Morgan fingerprint density at radius 2 is 2.10 bits per heavy atom. The van der Waals surface area contributed by atoms with Crippen molar-refractivity contribution >= 4 is 29.0 Å². The molecule has 1 aliphatic carbocycles. The number of benzene rings is 1. The fourth-order valence-corrected chi connectivity index (χ4v) is 2.82. The van der Waals surface area contributed by atoms with Crippen molar-refractivity contribution in [2.45, 2.75) is 19.3 Å². The number of nitrogens with one attached hydrogen (secondary N) is 1. The molecule has 1 amide bonds. The van der Waals surface area contributed by atoms with Crippen LogP contribution in [0.1, 0.15) is 27.9 Å². The molecule has 2 aromatic rings. The molecule has 0 saturated carbocycles. The van der Waals surface area contributed by atoms with Crippen molar-refractivity contribution in [1.29, 1.82) is 0 Å². The van der Waals surface area contributed by atoms with Gasteiger partial charge < -0.3 is 5.32 Å². The monoisotopic (exact) mass is 301 g/mol. The highest BCUT2D eigenvalue weighted by atomic mass is 35.5. The lowest BCUT2D eigenvalue weighted by molar-refractivity contribution is 0.0999. The summed E-state index contributed by atoms with van der Waals surface area (Å²) in [7, 11) is 0. The van der Waals surface area contributed by atoms with E-state index >= 15 is 0 Å². The van der Waals surface area contributed by atoms with E-state index in [-0.39, 0.29) is 0 Å². The number of nitrogens with zero attached hydrogens (tertiary/aromatic N) is 2. The molecule has 5 nitrogen and oxygen atoms in total. The number of carbonyl (C=O) groups excluding carboxylic acids is 1. The molecule has 0 saturated heterocycles. The van der Waals surface area contributed by atoms with Gasteiger partial charge in [0.15, 0.2) is 0 Å². The Hall–Kier alpha value is -2.27. The number of anilines is 2. The minimum Gasteiger partial charge on any atom is -0.340 e. The molecule has 0 fully saturated rings. The van der Waals surface area contributed by atoms with Gasteiger partial charge in [-0.15, -0.1) is 4.91 Å². The van der Waals surface area contributed by atoms with Crippen molar-refractivity contribution in [2.24, 2.45) is 5.18 Å². The molecule has 0 unspecified atom stereocenters. The number of hydrogen-bond acceptors (Lipinski definition) is 4. The van der Waals surface area contributed by atoms with Gasteiger partial charge in [-0.1, -0.05) is 17.7 Å². The van der Waals surface area contributed by atoms with Gasteiger partial charge in [0.25, 0.3) is 0 Å². The average Bonchev–Trinajstić information content (AvgIpc) is 2.97. The highest BCUT2D eigenvalue weighted by Crippen LogP contribution is 2.32. The van der Waals surface area contributed by atoms with Crippen LogP contribution in [0.15, 0.2) is 35.6 Å². The van der Waals surface area contributed by atoms with Gasteiger partial charge in [0, 0.05) is 22.1 Å². The molecule has 0 bridgehead atoms. The Kier molecular flexibility index (Phi) is 3.66. The van der Waals surface area contributed by atoms with Gasteiger partial charge in [-0.25, -0.2) is 4.98 Å². The van der Waals surface area contributed by atoms with Crippen molar-refractivity contribution in [3.05, 3.63) is 57.1 Å². The summed E-state index contributed by atoms with van der Waals surface area (Å²) in [5.41, 5.74) is 2.99. The van der Waals surface area contributed by atoms with Gasteiger partial charge in [0.2, 0.25) is 0 Å². The molecule has 1 N–H and O–H groups in total. The van der Waals surface area contributed by atoms with Gasteiger partial charge in [0.1, 0.15) is 5.82 Å². The SMILES string of the molecule is O=NC(=O)c1cnc(Nc2cccc(Cl)c2)c2c1CCC2. The van der Waals surface area contributed by atoms with E-state index < -0.39 is 5.91 Å². The Balaban J connectivity index is 1.99. The number of halogens is 1. The molecular weight excluding hydrogens is 290 g/mol. The van der Waals surface area contributed by atoms with E-state index in [0.29, 0.717) is 16.4 Å². The summed E-state index contributed by atoms with van der Waals surface area (Å²) in [6, 6.07) is 7.33. The van der Waals surface area contributed by atoms with Crippen LogP contribution in [0.3, 0.4) is 0 Å². The molecule has 1 aromatic carbocycles. The fraction of sp³-hybridized carbons (Fsp3) is 0.200. The van der Waals surface area contributed by atoms with Crippen molar-refractivity contribution in [2.75, 3.05) is 5.32 Å². The van der Waals surface area contributed by atoms with Crippen LogP contribution in [0.2, 0.25) is 5.02 Å². The quantitative estimate of drug-likeness (QED) is 0.873. The van der Waals surface area contributed by atoms with Crippen LogP contribution >= 0.6 is 11.6 Å². The Labute approximate surface area is 126 Å². The molecule has 0 atom stereocenters. The minimum atomic E-state index is -0.755. The maximum absolute atomic E-state index is 11.5. The zero-order valence-corrected chi connectivity index (χ0v) is 11.9. The molecule has 3 rings (SSSR count). The lowest BCUT2D eigenvalue weighted by Gasteiger charge is -2.12. The molecule has 1 aliphatic rings. The molecule has 6 heteroatoms. The largest absolute Gasteiger partial charge is 0.340 e. The van der Waals surface area contributed by atoms with Crippen LogP contribution < -0.4 is 5.32 Å². The number of nitroso groups, excluding NO2 is 1. The lowest BCUT2D eigenvalue weighted by Crippen LogP contribution is -2.05. The topological polar surface area (TPSA) is 71.4 Å². The third kappa shape index (κ3) is 2.64. The Morgan fingerprint density at radius 3 is 2.86 bits per heavy atom. The summed E-state index contributed by atoms with van der Waals surface area (Å²) in [6.45, 7) is 0. The van der Waals surface area contributed by atoms with E-state index in [9.17, 15) is 9.70 Å². The summed E-state index contributed by atoms with van der Waals surface area (Å²) in [6.07, 6.45) is 3.94. The summed E-state index contributed by atoms with van der Waals surface area (Å²) >= 11 is 5.96. The highest BCUT2D eigenvalue weighted by Gasteiger charge is 2.23. The molecule has 1 heterocycles. The Bertz CT molecular complexity index is 731. The lowest BCUT2D eigenvalue weighted by atomic mass is 10.1. The van der Waals surface area contributed by atoms with Gasteiger partial charge in [-0.2, -0.15) is 0 Å². The molecular formula is C15H12ClN3O2. The molecule has 0 radical (unpaired) electrons. The van der Waals surface area contributed by atoms with Crippen LogP contribution in [-0.2, 0) is 12.8 Å². The number of amides is 1. The van der Waals surface area contributed by atoms with Crippen LogP contribution in [-0.4, -0.2) is 10.9 Å². The summed E-state index contributed by atoms with van der Waals surface area (Å²) in [4.78, 5) is 26.3. The number of aromatic nitrogens is 1. The van der Waals surface area contributed by atoms with Crippen LogP contribution in [0.5, 0.6) is 0 Å². The van der Waals surface area contributed by atoms with Crippen molar-refractivity contribution < 1.29 is 4.79 Å². The van der Waals surface area contributed by atoms with E-state index in [1.807, 2.05) is 12.1 Å². The molecule has 106 valence electrons. The maximum atomic E-state index is 11.5. The van der Waals surface area contributed by atoms with Gasteiger partial charge in [0.05, 0.1) is 5.56 Å². The first-order valence-corrected chi connectivity index (χ1v) is 6.98. The maximum Gasteiger partial charge on any atom is 0.318 e. The standard InChI is InChI=1S/C15H12ClN3O2/c16-9-3-1-4-10(7-9)18-14-12-6-2-5-11(12)13(8-17-14)15(20)19-21/h1,3-4,7-8H,2,5-6H2,(H,17,18). The second kappa shape index (κ2) is 5.61. The van der Waals surface area contributed by atoms with Crippen molar-refractivity contribution in [1.82, 2.24) is 4.98 Å². The zero-order valence-electron chi connectivity index (χ0n) is 11.1. The van der Waals surface area contributed by atoms with E-state index in [2.05, 4.69) is 15.5 Å². The molecule has 21 heavy (non-hydrogen) atoms. The second-order valence-corrected chi connectivity index (χ2v) is 5.30. The van der Waals surface area contributed by atoms with Crippen molar-refractivity contribution in [3.8, 4) is 0 Å². The summed E-state index contributed by atoms with van der Waals surface area (Å²) in [5.74, 6) is -0.0535. The predicted molar refractivity (Wildman–Crippen MR) is 81.1 cm³/mol. The number of hydrogen-bond donors (Lipinski definition) is 1. The number of fused-ring (bicyclic) bond motifs is 1. The normalized spacial score (nSPS) is 12.8. The first kappa shape index (κ1) is 13.7. The van der Waals surface area contributed by atoms with Gasteiger partial charge in [-0.3, -0.25) is 4.79 Å². The van der Waals surface area contributed by atoms with E-state index in [4.69, 9.17) is 11.6 Å². The van der Waals surface area contributed by atoms with Gasteiger partial charge >= 0.3 is 5.91 Å². The number of pyridine rings is 1. The first-order valence-electron chi connectivity index (χ1n) is 6.60. The third-order valence-electron chi connectivity index (χ3n) is 3.55. The Morgan fingerprint density at radius 1 is 1.29 bits per heavy atom. The van der Waals surface area contributed by atoms with Crippen LogP contribution in [0.25, 0.3) is 0 Å². The zero-order chi connectivity index (χ0) is 14.8. The third-order valence-corrected chi connectivity index (χ3v) is 3.79. The fourth-order valence-electron chi connectivity index (χ4n) is 2.63. The van der Waals surface area contributed by atoms with E-state index in [1.165, 1.54) is 6.20 Å². The molecule has 0 spiro atoms. The van der Waals surface area contributed by atoms with E-state index in [0.717, 1.165) is 36.1 Å². The van der Waals surface area contributed by atoms with Crippen molar-refractivity contribution in [3.63, 3.8) is 0 Å². The minimum absolute atomic E-state index is 0.314. The smallest absolute Gasteiger partial charge is 0.318 e. The number of rotatable bonds is 3. The second-order valence-electron chi connectivity index (χ2n) is 4.86.